The van der Waals surface area contributed by atoms with Gasteiger partial charge in [-0.15, -0.1) is 0 Å². The molecule has 3 aromatic rings. The third-order valence-electron chi connectivity index (χ3n) is 5.36. The second-order valence-corrected chi connectivity index (χ2v) is 7.92. The maximum Gasteiger partial charge on any atom is 0.258 e. The first kappa shape index (κ1) is 21.9. The minimum atomic E-state index is -0.141. The number of nitrogens with zero attached hydrogens (tertiary/aromatic N) is 2. The van der Waals surface area contributed by atoms with E-state index in [2.05, 4.69) is 22.9 Å². The fourth-order valence-corrected chi connectivity index (χ4v) is 3.62. The zero-order chi connectivity index (χ0) is 21.3. The zero-order valence-corrected chi connectivity index (χ0v) is 18.4. The van der Waals surface area contributed by atoms with Crippen LogP contribution in [0.1, 0.15) is 56.0 Å². The summed E-state index contributed by atoms with van der Waals surface area (Å²) in [7, 11) is 0. The normalized spacial score (nSPS) is 11.0. The maximum absolute atomic E-state index is 12.4. The first-order valence-corrected chi connectivity index (χ1v) is 11.0. The molecule has 2 aromatic carbocycles. The summed E-state index contributed by atoms with van der Waals surface area (Å²) in [6.07, 6.45) is 6.14. The van der Waals surface area contributed by atoms with E-state index in [9.17, 15) is 4.79 Å². The number of rotatable bonds is 11. The van der Waals surface area contributed by atoms with E-state index in [4.69, 9.17) is 9.72 Å². The number of imidazole rings is 1. The van der Waals surface area contributed by atoms with Gasteiger partial charge in [0.05, 0.1) is 17.6 Å². The van der Waals surface area contributed by atoms with Gasteiger partial charge in [-0.3, -0.25) is 4.79 Å². The standard InChI is InChI=1S/C25H33N3O2/c1-4-5-6-7-10-15-28-22-12-9-8-11-21(22)27-24(28)17-26-25(29)18-30-23-16-19(2)13-14-20(23)3/h8-9,11-14,16H,4-7,10,15,17-18H2,1-3H3,(H,26,29). The van der Waals surface area contributed by atoms with Crippen LogP contribution >= 0.6 is 0 Å². The maximum atomic E-state index is 12.4. The Balaban J connectivity index is 1.59. The van der Waals surface area contributed by atoms with Crippen molar-refractivity contribution in [2.24, 2.45) is 0 Å². The van der Waals surface area contributed by atoms with Crippen LogP contribution in [0.3, 0.4) is 0 Å². The number of aryl methyl sites for hydroxylation is 3. The Morgan fingerprint density at radius 3 is 2.70 bits per heavy atom. The lowest BCUT2D eigenvalue weighted by Crippen LogP contribution is -2.29. The second kappa shape index (κ2) is 10.8. The molecule has 0 spiro atoms. The Bertz CT molecular complexity index is 978. The van der Waals surface area contributed by atoms with Crippen LogP contribution in [0, 0.1) is 13.8 Å². The van der Waals surface area contributed by atoms with Crippen molar-refractivity contribution in [2.75, 3.05) is 6.61 Å². The minimum absolute atomic E-state index is 0.00153. The number of carbonyl (C=O) groups is 1. The van der Waals surface area contributed by atoms with Crippen LogP contribution in [0.4, 0.5) is 0 Å². The summed E-state index contributed by atoms with van der Waals surface area (Å²) >= 11 is 0. The highest BCUT2D eigenvalue weighted by molar-refractivity contribution is 5.78. The summed E-state index contributed by atoms with van der Waals surface area (Å²) in [4.78, 5) is 17.1. The summed E-state index contributed by atoms with van der Waals surface area (Å²) in [5, 5.41) is 2.97. The quantitative estimate of drug-likeness (QED) is 0.438. The highest BCUT2D eigenvalue weighted by Crippen LogP contribution is 2.19. The molecule has 0 aliphatic rings. The first-order chi connectivity index (χ1) is 14.6. The predicted octanol–water partition coefficient (Wildman–Crippen LogP) is 5.32. The van der Waals surface area contributed by atoms with Crippen molar-refractivity contribution in [3.05, 3.63) is 59.4 Å². The monoisotopic (exact) mass is 407 g/mol. The smallest absolute Gasteiger partial charge is 0.258 e. The lowest BCUT2D eigenvalue weighted by molar-refractivity contribution is -0.123. The number of aromatic nitrogens is 2. The van der Waals surface area contributed by atoms with Gasteiger partial charge in [-0.05, 0) is 49.6 Å². The molecule has 0 saturated carbocycles. The molecule has 5 heteroatoms. The van der Waals surface area contributed by atoms with E-state index in [-0.39, 0.29) is 12.5 Å². The van der Waals surface area contributed by atoms with E-state index in [1.54, 1.807) is 0 Å². The molecule has 3 rings (SSSR count). The van der Waals surface area contributed by atoms with E-state index >= 15 is 0 Å². The minimum Gasteiger partial charge on any atom is -0.483 e. The van der Waals surface area contributed by atoms with Gasteiger partial charge in [-0.2, -0.15) is 0 Å². The number of amides is 1. The van der Waals surface area contributed by atoms with Gasteiger partial charge in [-0.1, -0.05) is 56.9 Å². The predicted molar refractivity (Wildman–Crippen MR) is 122 cm³/mol. The third-order valence-corrected chi connectivity index (χ3v) is 5.36. The van der Waals surface area contributed by atoms with E-state index in [1.807, 2.05) is 50.2 Å². The number of hydrogen-bond acceptors (Lipinski definition) is 3. The van der Waals surface area contributed by atoms with Crippen molar-refractivity contribution < 1.29 is 9.53 Å². The van der Waals surface area contributed by atoms with Gasteiger partial charge in [0.25, 0.3) is 5.91 Å². The van der Waals surface area contributed by atoms with Gasteiger partial charge in [0.15, 0.2) is 6.61 Å². The van der Waals surface area contributed by atoms with Gasteiger partial charge in [-0.25, -0.2) is 4.98 Å². The molecule has 30 heavy (non-hydrogen) atoms. The molecular formula is C25H33N3O2. The summed E-state index contributed by atoms with van der Waals surface area (Å²) in [6.45, 7) is 7.55. The van der Waals surface area contributed by atoms with Gasteiger partial charge < -0.3 is 14.6 Å². The van der Waals surface area contributed by atoms with Crippen molar-refractivity contribution in [3.63, 3.8) is 0 Å². The SMILES string of the molecule is CCCCCCCn1c(CNC(=O)COc2cc(C)ccc2C)nc2ccccc21. The molecule has 0 unspecified atom stereocenters. The van der Waals surface area contributed by atoms with Crippen LogP contribution in [-0.4, -0.2) is 22.1 Å². The highest BCUT2D eigenvalue weighted by atomic mass is 16.5. The average Bonchev–Trinajstić information content (AvgIpc) is 3.10. The van der Waals surface area contributed by atoms with E-state index in [0.717, 1.165) is 46.7 Å². The van der Waals surface area contributed by atoms with Crippen molar-refractivity contribution in [3.8, 4) is 5.75 Å². The van der Waals surface area contributed by atoms with E-state index in [0.29, 0.717) is 6.54 Å². The molecule has 1 aromatic heterocycles. The average molecular weight is 408 g/mol. The highest BCUT2D eigenvalue weighted by Gasteiger charge is 2.12. The summed E-state index contributed by atoms with van der Waals surface area (Å²) in [5.41, 5.74) is 4.24. The number of nitrogens with one attached hydrogen (secondary N) is 1. The summed E-state index contributed by atoms with van der Waals surface area (Å²) < 4.78 is 7.96. The Morgan fingerprint density at radius 2 is 1.87 bits per heavy atom. The molecule has 1 N–H and O–H groups in total. The Labute approximate surface area is 179 Å². The van der Waals surface area contributed by atoms with Crippen LogP contribution in [-0.2, 0) is 17.9 Å². The number of unbranched alkanes of at least 4 members (excludes halogenated alkanes) is 4. The Hall–Kier alpha value is -2.82. The second-order valence-electron chi connectivity index (χ2n) is 7.92. The lowest BCUT2D eigenvalue weighted by atomic mass is 10.1. The number of carbonyl (C=O) groups excluding carboxylic acids is 1. The van der Waals surface area contributed by atoms with Crippen LogP contribution in [0.15, 0.2) is 42.5 Å². The van der Waals surface area contributed by atoms with Crippen molar-refractivity contribution in [1.29, 1.82) is 0 Å². The van der Waals surface area contributed by atoms with Crippen molar-refractivity contribution in [2.45, 2.75) is 66.0 Å². The molecule has 1 heterocycles. The fourth-order valence-electron chi connectivity index (χ4n) is 3.62. The molecule has 0 aliphatic heterocycles. The van der Waals surface area contributed by atoms with Gasteiger partial charge >= 0.3 is 0 Å². The largest absolute Gasteiger partial charge is 0.483 e. The molecule has 0 bridgehead atoms. The number of benzene rings is 2. The Kier molecular flexibility index (Phi) is 7.89. The Morgan fingerprint density at radius 1 is 1.07 bits per heavy atom. The number of fused-ring (bicyclic) bond motifs is 1. The number of hydrogen-bond donors (Lipinski definition) is 1. The van der Waals surface area contributed by atoms with Crippen molar-refractivity contribution >= 4 is 16.9 Å². The molecule has 0 fully saturated rings. The molecule has 5 nitrogen and oxygen atoms in total. The lowest BCUT2D eigenvalue weighted by Gasteiger charge is -2.12. The first-order valence-electron chi connectivity index (χ1n) is 11.0. The number of para-hydroxylation sites is 2. The zero-order valence-electron chi connectivity index (χ0n) is 18.4. The van der Waals surface area contributed by atoms with Crippen LogP contribution < -0.4 is 10.1 Å². The molecule has 160 valence electrons. The molecule has 0 aliphatic carbocycles. The molecule has 0 atom stereocenters. The van der Waals surface area contributed by atoms with Gasteiger partial charge in [0.2, 0.25) is 0 Å². The van der Waals surface area contributed by atoms with Gasteiger partial charge in [0.1, 0.15) is 11.6 Å². The topological polar surface area (TPSA) is 56.2 Å². The molecule has 0 radical (unpaired) electrons. The van der Waals surface area contributed by atoms with E-state index < -0.39 is 0 Å². The third kappa shape index (κ3) is 5.85. The van der Waals surface area contributed by atoms with Crippen LogP contribution in [0.25, 0.3) is 11.0 Å². The van der Waals surface area contributed by atoms with Gasteiger partial charge in [0, 0.05) is 6.54 Å². The van der Waals surface area contributed by atoms with Crippen LogP contribution in [0.5, 0.6) is 5.75 Å². The number of ether oxygens (including phenoxy) is 1. The van der Waals surface area contributed by atoms with Crippen molar-refractivity contribution in [1.82, 2.24) is 14.9 Å². The fraction of sp³-hybridized carbons (Fsp3) is 0.440. The molecular weight excluding hydrogens is 374 g/mol. The van der Waals surface area contributed by atoms with Crippen LogP contribution in [0.2, 0.25) is 0 Å². The molecule has 1 amide bonds. The summed E-state index contributed by atoms with van der Waals surface area (Å²) in [6, 6.07) is 14.2. The summed E-state index contributed by atoms with van der Waals surface area (Å²) in [5.74, 6) is 1.51. The molecule has 0 saturated heterocycles. The van der Waals surface area contributed by atoms with E-state index in [1.165, 1.54) is 25.7 Å².